The van der Waals surface area contributed by atoms with Gasteiger partial charge in [0.1, 0.15) is 0 Å². The maximum Gasteiger partial charge on any atom is 0.271 e. The third-order valence-corrected chi connectivity index (χ3v) is 5.42. The Morgan fingerprint density at radius 1 is 1.04 bits per heavy atom. The number of aryl methyl sites for hydroxylation is 1. The van der Waals surface area contributed by atoms with Crippen LogP contribution in [-0.4, -0.2) is 14.3 Å². The van der Waals surface area contributed by atoms with Gasteiger partial charge >= 0.3 is 0 Å². The number of hydrogen-bond acceptors (Lipinski definition) is 3. The summed E-state index contributed by atoms with van der Waals surface area (Å²) in [6, 6.07) is 12.9. The largest absolute Gasteiger partial charge is 0.271 e. The molecule has 23 heavy (non-hydrogen) atoms. The van der Waals surface area contributed by atoms with Gasteiger partial charge in [0.05, 0.1) is 10.6 Å². The Kier molecular flexibility index (Phi) is 5.06. The van der Waals surface area contributed by atoms with Crippen LogP contribution in [0.3, 0.4) is 0 Å². The highest BCUT2D eigenvalue weighted by molar-refractivity contribution is 9.10. The molecule has 2 aromatic carbocycles. The number of halogens is 1. The monoisotopic (exact) mass is 393 g/mol. The van der Waals surface area contributed by atoms with Gasteiger partial charge in [0.25, 0.3) is 15.9 Å². The van der Waals surface area contributed by atoms with E-state index in [0.29, 0.717) is 0 Å². The number of amides is 1. The van der Waals surface area contributed by atoms with Crippen LogP contribution in [0.2, 0.25) is 0 Å². The van der Waals surface area contributed by atoms with Crippen LogP contribution in [0.25, 0.3) is 0 Å². The molecule has 0 aliphatic carbocycles. The van der Waals surface area contributed by atoms with E-state index in [-0.39, 0.29) is 16.2 Å². The van der Waals surface area contributed by atoms with Crippen molar-refractivity contribution in [1.82, 2.24) is 0 Å². The van der Waals surface area contributed by atoms with Crippen molar-refractivity contribution in [3.05, 3.63) is 70.7 Å². The Hall–Kier alpha value is -1.92. The standard InChI is InChI=1S/C17H16BrNO3S/c1-12(2)17(20)19(15-8-6-14(18)7-9-15)23(21,22)16-10-4-13(3)5-11-16/h4-11H,1H2,2-3H3. The van der Waals surface area contributed by atoms with E-state index >= 15 is 0 Å². The van der Waals surface area contributed by atoms with Gasteiger partial charge in [-0.1, -0.05) is 40.2 Å². The van der Waals surface area contributed by atoms with Crippen LogP contribution in [-0.2, 0) is 14.8 Å². The van der Waals surface area contributed by atoms with Gasteiger partial charge in [-0.2, -0.15) is 4.31 Å². The second-order valence-electron chi connectivity index (χ2n) is 5.14. The summed E-state index contributed by atoms with van der Waals surface area (Å²) in [6.07, 6.45) is 0. The molecule has 0 aromatic heterocycles. The van der Waals surface area contributed by atoms with Gasteiger partial charge in [-0.15, -0.1) is 0 Å². The predicted octanol–water partition coefficient (Wildman–Crippen LogP) is 4.06. The van der Waals surface area contributed by atoms with Crippen molar-refractivity contribution in [3.63, 3.8) is 0 Å². The molecule has 0 N–H and O–H groups in total. The molecule has 1 amide bonds. The zero-order valence-electron chi connectivity index (χ0n) is 12.8. The molecule has 6 heteroatoms. The SMILES string of the molecule is C=C(C)C(=O)N(c1ccc(Br)cc1)S(=O)(=O)c1ccc(C)cc1. The van der Waals surface area contributed by atoms with Crippen molar-refractivity contribution < 1.29 is 13.2 Å². The fraction of sp³-hybridized carbons (Fsp3) is 0.118. The first-order chi connectivity index (χ1) is 10.7. The smallest absolute Gasteiger partial charge is 0.268 e. The number of carbonyl (C=O) groups is 1. The molecule has 2 rings (SSSR count). The highest BCUT2D eigenvalue weighted by atomic mass is 79.9. The summed E-state index contributed by atoms with van der Waals surface area (Å²) >= 11 is 3.29. The zero-order valence-corrected chi connectivity index (χ0v) is 15.2. The number of hydrogen-bond donors (Lipinski definition) is 0. The van der Waals surface area contributed by atoms with Crippen LogP contribution in [0.15, 0.2) is 70.1 Å². The summed E-state index contributed by atoms with van der Waals surface area (Å²) < 4.78 is 27.4. The third kappa shape index (κ3) is 3.71. The normalized spacial score (nSPS) is 11.1. The summed E-state index contributed by atoms with van der Waals surface area (Å²) in [5.74, 6) is -0.659. The Bertz CT molecular complexity index is 840. The number of sulfonamides is 1. The van der Waals surface area contributed by atoms with Gasteiger partial charge in [0.2, 0.25) is 0 Å². The lowest BCUT2D eigenvalue weighted by molar-refractivity contribution is -0.113. The number of nitrogens with zero attached hydrogens (tertiary/aromatic N) is 1. The fourth-order valence-corrected chi connectivity index (χ4v) is 3.66. The van der Waals surface area contributed by atoms with E-state index in [9.17, 15) is 13.2 Å². The maximum absolute atomic E-state index is 12.9. The van der Waals surface area contributed by atoms with E-state index in [4.69, 9.17) is 0 Å². The molecule has 0 atom stereocenters. The zero-order chi connectivity index (χ0) is 17.2. The molecule has 2 aromatic rings. The van der Waals surface area contributed by atoms with E-state index in [1.807, 2.05) is 6.92 Å². The van der Waals surface area contributed by atoms with E-state index < -0.39 is 15.9 Å². The molecule has 0 aliphatic rings. The van der Waals surface area contributed by atoms with E-state index in [2.05, 4.69) is 22.5 Å². The minimum absolute atomic E-state index is 0.0561. The molecule has 0 radical (unpaired) electrons. The molecule has 0 aliphatic heterocycles. The van der Waals surface area contributed by atoms with Crippen molar-refractivity contribution in [2.45, 2.75) is 18.7 Å². The quantitative estimate of drug-likeness (QED) is 0.735. The van der Waals surface area contributed by atoms with E-state index in [1.165, 1.54) is 19.1 Å². The van der Waals surface area contributed by atoms with Crippen molar-refractivity contribution in [2.75, 3.05) is 4.31 Å². The number of anilines is 1. The Balaban J connectivity index is 2.61. The molecule has 0 heterocycles. The number of benzene rings is 2. The van der Waals surface area contributed by atoms with Gasteiger partial charge in [0, 0.05) is 10.0 Å². The van der Waals surface area contributed by atoms with Gasteiger partial charge in [-0.25, -0.2) is 8.42 Å². The molecule has 0 saturated carbocycles. The Morgan fingerprint density at radius 2 is 1.57 bits per heavy atom. The van der Waals surface area contributed by atoms with Crippen LogP contribution in [0.5, 0.6) is 0 Å². The van der Waals surface area contributed by atoms with Crippen LogP contribution >= 0.6 is 15.9 Å². The first-order valence-electron chi connectivity index (χ1n) is 6.81. The Labute approximate surface area is 144 Å². The average Bonchev–Trinajstić information content (AvgIpc) is 2.49. The van der Waals surface area contributed by atoms with Crippen molar-refractivity contribution in [3.8, 4) is 0 Å². The topological polar surface area (TPSA) is 54.5 Å². The molecule has 0 unspecified atom stereocenters. The minimum atomic E-state index is -4.02. The van der Waals surface area contributed by atoms with E-state index in [0.717, 1.165) is 14.3 Å². The number of carbonyl (C=O) groups excluding carboxylic acids is 1. The average molecular weight is 394 g/mol. The minimum Gasteiger partial charge on any atom is -0.268 e. The number of rotatable bonds is 4. The van der Waals surface area contributed by atoms with Crippen molar-refractivity contribution in [1.29, 1.82) is 0 Å². The van der Waals surface area contributed by atoms with Crippen LogP contribution in [0.1, 0.15) is 12.5 Å². The fourth-order valence-electron chi connectivity index (χ4n) is 1.93. The molecule has 120 valence electrons. The second kappa shape index (κ2) is 6.68. The van der Waals surface area contributed by atoms with Crippen molar-refractivity contribution in [2.24, 2.45) is 0 Å². The lowest BCUT2D eigenvalue weighted by Crippen LogP contribution is -2.37. The highest BCUT2D eigenvalue weighted by Gasteiger charge is 2.31. The molecular weight excluding hydrogens is 378 g/mol. The highest BCUT2D eigenvalue weighted by Crippen LogP contribution is 2.27. The molecule has 0 bridgehead atoms. The first kappa shape index (κ1) is 17.4. The summed E-state index contributed by atoms with van der Waals surface area (Å²) in [6.45, 7) is 6.92. The summed E-state index contributed by atoms with van der Waals surface area (Å²) in [5.41, 5.74) is 1.34. The van der Waals surface area contributed by atoms with Crippen LogP contribution in [0.4, 0.5) is 5.69 Å². The second-order valence-corrected chi connectivity index (χ2v) is 7.85. The molecular formula is C17H16BrNO3S. The maximum atomic E-state index is 12.9. The van der Waals surface area contributed by atoms with Crippen molar-refractivity contribution >= 4 is 37.5 Å². The van der Waals surface area contributed by atoms with E-state index in [1.54, 1.807) is 36.4 Å². The molecule has 0 spiro atoms. The first-order valence-corrected chi connectivity index (χ1v) is 9.04. The van der Waals surface area contributed by atoms with Crippen LogP contribution < -0.4 is 4.31 Å². The summed E-state index contributed by atoms with van der Waals surface area (Å²) in [7, 11) is -4.02. The van der Waals surface area contributed by atoms with Gasteiger partial charge in [-0.05, 0) is 50.2 Å². The van der Waals surface area contributed by atoms with Crippen LogP contribution in [0, 0.1) is 6.92 Å². The molecule has 4 nitrogen and oxygen atoms in total. The lowest BCUT2D eigenvalue weighted by atomic mass is 10.2. The molecule has 0 saturated heterocycles. The third-order valence-electron chi connectivity index (χ3n) is 3.17. The summed E-state index contributed by atoms with van der Waals surface area (Å²) in [5, 5.41) is 0. The van der Waals surface area contributed by atoms with Gasteiger partial charge < -0.3 is 0 Å². The van der Waals surface area contributed by atoms with Gasteiger partial charge in [0.15, 0.2) is 0 Å². The summed E-state index contributed by atoms with van der Waals surface area (Å²) in [4.78, 5) is 12.5. The molecule has 0 fully saturated rings. The Morgan fingerprint density at radius 3 is 2.04 bits per heavy atom. The van der Waals surface area contributed by atoms with Gasteiger partial charge in [-0.3, -0.25) is 4.79 Å². The predicted molar refractivity (Wildman–Crippen MR) is 94.8 cm³/mol. The lowest BCUT2D eigenvalue weighted by Gasteiger charge is -2.23.